The first-order chi connectivity index (χ1) is 15.6. The van der Waals surface area contributed by atoms with Crippen LogP contribution >= 0.6 is 11.3 Å². The standard InChI is InChI=1S/C23H23N3O5S2/c1-23(18-9-5-7-15-6-3-4-8-17(15)18)21(28)26(22(29)25-23)14-19(27)20-11-10-16(32-20)12-13-24-33(2,30)31/h3-11,24H,12-14H2,1-2H3,(H,25,29). The summed E-state index contributed by atoms with van der Waals surface area (Å²) in [7, 11) is -3.28. The molecule has 172 valence electrons. The summed E-state index contributed by atoms with van der Waals surface area (Å²) < 4.78 is 24.8. The van der Waals surface area contributed by atoms with Crippen LogP contribution in [0.1, 0.15) is 27.0 Å². The number of nitrogens with zero attached hydrogens (tertiary/aromatic N) is 1. The van der Waals surface area contributed by atoms with Crippen molar-refractivity contribution < 1.29 is 22.8 Å². The van der Waals surface area contributed by atoms with Crippen molar-refractivity contribution in [2.24, 2.45) is 0 Å². The van der Waals surface area contributed by atoms with Gasteiger partial charge in [-0.1, -0.05) is 42.5 Å². The summed E-state index contributed by atoms with van der Waals surface area (Å²) in [4.78, 5) is 41.0. The summed E-state index contributed by atoms with van der Waals surface area (Å²) in [5, 5.41) is 4.57. The van der Waals surface area contributed by atoms with E-state index in [-0.39, 0.29) is 18.9 Å². The monoisotopic (exact) mass is 485 g/mol. The van der Waals surface area contributed by atoms with E-state index in [2.05, 4.69) is 10.0 Å². The van der Waals surface area contributed by atoms with Crippen molar-refractivity contribution in [1.29, 1.82) is 0 Å². The van der Waals surface area contributed by atoms with Gasteiger partial charge in [0.2, 0.25) is 10.0 Å². The van der Waals surface area contributed by atoms with E-state index in [1.165, 1.54) is 11.3 Å². The molecule has 1 unspecified atom stereocenters. The van der Waals surface area contributed by atoms with Crippen LogP contribution in [-0.2, 0) is 26.8 Å². The van der Waals surface area contributed by atoms with E-state index in [0.717, 1.165) is 26.8 Å². The van der Waals surface area contributed by atoms with Crippen molar-refractivity contribution in [3.8, 4) is 0 Å². The smallest absolute Gasteiger partial charge is 0.319 e. The Bertz CT molecular complexity index is 1360. The van der Waals surface area contributed by atoms with Gasteiger partial charge in [0.15, 0.2) is 5.78 Å². The normalized spacial score (nSPS) is 18.7. The van der Waals surface area contributed by atoms with Gasteiger partial charge in [-0.3, -0.25) is 14.5 Å². The zero-order chi connectivity index (χ0) is 23.8. The number of Topliss-reactive ketones (excluding diaryl/α,β-unsaturated/α-hetero) is 1. The van der Waals surface area contributed by atoms with Gasteiger partial charge >= 0.3 is 6.03 Å². The molecule has 0 bridgehead atoms. The number of carbonyl (C=O) groups excluding carboxylic acids is 3. The van der Waals surface area contributed by atoms with Gasteiger partial charge in [0, 0.05) is 11.4 Å². The number of sulfonamides is 1. The third kappa shape index (κ3) is 4.68. The molecule has 0 aliphatic carbocycles. The molecule has 2 heterocycles. The van der Waals surface area contributed by atoms with Gasteiger partial charge in [-0.2, -0.15) is 0 Å². The van der Waals surface area contributed by atoms with Crippen molar-refractivity contribution in [2.75, 3.05) is 19.3 Å². The van der Waals surface area contributed by atoms with E-state index in [4.69, 9.17) is 0 Å². The van der Waals surface area contributed by atoms with Crippen LogP contribution in [0.4, 0.5) is 4.79 Å². The van der Waals surface area contributed by atoms with Gasteiger partial charge in [0.1, 0.15) is 5.54 Å². The SMILES string of the molecule is CC1(c2cccc3ccccc23)NC(=O)N(CC(=O)c2ccc(CCNS(C)(=O)=O)s2)C1=O. The molecular weight excluding hydrogens is 462 g/mol. The number of hydrogen-bond acceptors (Lipinski definition) is 6. The summed E-state index contributed by atoms with van der Waals surface area (Å²) in [6.07, 6.45) is 1.52. The minimum absolute atomic E-state index is 0.226. The van der Waals surface area contributed by atoms with Gasteiger partial charge in [0.05, 0.1) is 17.7 Å². The van der Waals surface area contributed by atoms with Crippen LogP contribution in [-0.4, -0.2) is 50.4 Å². The quantitative estimate of drug-likeness (QED) is 0.376. The van der Waals surface area contributed by atoms with Crippen molar-refractivity contribution >= 4 is 49.9 Å². The highest BCUT2D eigenvalue weighted by Crippen LogP contribution is 2.34. The van der Waals surface area contributed by atoms with E-state index in [1.54, 1.807) is 19.1 Å². The second-order valence-electron chi connectivity index (χ2n) is 8.08. The van der Waals surface area contributed by atoms with Crippen molar-refractivity contribution in [3.05, 3.63) is 69.9 Å². The Balaban J connectivity index is 1.50. The minimum atomic E-state index is -3.28. The maximum Gasteiger partial charge on any atom is 0.325 e. The fourth-order valence-corrected chi connectivity index (χ4v) is 5.34. The molecule has 4 rings (SSSR count). The summed E-state index contributed by atoms with van der Waals surface area (Å²) >= 11 is 1.22. The number of nitrogens with one attached hydrogen (secondary N) is 2. The Morgan fingerprint density at radius 1 is 1.09 bits per heavy atom. The maximum absolute atomic E-state index is 13.3. The molecule has 2 aromatic carbocycles. The highest BCUT2D eigenvalue weighted by molar-refractivity contribution is 7.88. The largest absolute Gasteiger partial charge is 0.325 e. The first-order valence-electron chi connectivity index (χ1n) is 10.3. The molecule has 2 N–H and O–H groups in total. The summed E-state index contributed by atoms with van der Waals surface area (Å²) in [6, 6.07) is 15.9. The Kier molecular flexibility index (Phi) is 6.08. The number of fused-ring (bicyclic) bond motifs is 1. The number of ketones is 1. The number of urea groups is 1. The minimum Gasteiger partial charge on any atom is -0.319 e. The van der Waals surface area contributed by atoms with E-state index in [0.29, 0.717) is 16.9 Å². The van der Waals surface area contributed by atoms with Crippen molar-refractivity contribution in [2.45, 2.75) is 18.9 Å². The van der Waals surface area contributed by atoms with E-state index in [1.807, 2.05) is 42.5 Å². The number of rotatable bonds is 8. The number of benzene rings is 2. The van der Waals surface area contributed by atoms with Crippen LogP contribution < -0.4 is 10.0 Å². The Morgan fingerprint density at radius 2 is 1.82 bits per heavy atom. The van der Waals surface area contributed by atoms with Crippen LogP contribution in [0.15, 0.2) is 54.6 Å². The summed E-state index contributed by atoms with van der Waals surface area (Å²) in [5.41, 5.74) is -0.610. The summed E-state index contributed by atoms with van der Waals surface area (Å²) in [5.74, 6) is -0.834. The maximum atomic E-state index is 13.3. The second kappa shape index (κ2) is 8.69. The second-order valence-corrected chi connectivity index (χ2v) is 11.1. The zero-order valence-electron chi connectivity index (χ0n) is 18.1. The van der Waals surface area contributed by atoms with Gasteiger partial charge in [0.25, 0.3) is 5.91 Å². The molecule has 1 aromatic heterocycles. The van der Waals surface area contributed by atoms with Crippen LogP contribution in [0.5, 0.6) is 0 Å². The molecule has 8 nitrogen and oxygen atoms in total. The molecule has 1 aliphatic rings. The Labute approximate surface area is 195 Å². The molecule has 1 aliphatic heterocycles. The van der Waals surface area contributed by atoms with Gasteiger partial charge in [-0.15, -0.1) is 11.3 Å². The van der Waals surface area contributed by atoms with Gasteiger partial charge < -0.3 is 5.32 Å². The van der Waals surface area contributed by atoms with Crippen LogP contribution in [0.2, 0.25) is 0 Å². The Morgan fingerprint density at radius 3 is 2.58 bits per heavy atom. The Hall–Kier alpha value is -3.08. The predicted molar refractivity (Wildman–Crippen MR) is 127 cm³/mol. The average molecular weight is 486 g/mol. The fraction of sp³-hybridized carbons (Fsp3) is 0.261. The molecule has 1 atom stereocenters. The number of hydrogen-bond donors (Lipinski definition) is 2. The lowest BCUT2D eigenvalue weighted by Crippen LogP contribution is -2.41. The number of thiophene rings is 1. The number of amides is 3. The van der Waals surface area contributed by atoms with E-state index in [9.17, 15) is 22.8 Å². The highest BCUT2D eigenvalue weighted by atomic mass is 32.2. The molecule has 1 fully saturated rings. The third-order valence-electron chi connectivity index (χ3n) is 5.58. The number of imide groups is 1. The third-order valence-corrected chi connectivity index (χ3v) is 7.49. The first-order valence-corrected chi connectivity index (χ1v) is 13.0. The molecule has 10 heteroatoms. The van der Waals surface area contributed by atoms with Crippen LogP contribution in [0, 0.1) is 0 Å². The topological polar surface area (TPSA) is 113 Å². The molecule has 0 spiro atoms. The van der Waals surface area contributed by atoms with E-state index < -0.39 is 27.5 Å². The van der Waals surface area contributed by atoms with Crippen molar-refractivity contribution in [3.63, 3.8) is 0 Å². The lowest BCUT2D eigenvalue weighted by molar-refractivity contribution is -0.130. The average Bonchev–Trinajstić information content (AvgIpc) is 3.31. The molecule has 0 radical (unpaired) electrons. The summed E-state index contributed by atoms with van der Waals surface area (Å²) in [6.45, 7) is 1.51. The lowest BCUT2D eigenvalue weighted by Gasteiger charge is -2.24. The molecule has 3 aromatic rings. The zero-order valence-corrected chi connectivity index (χ0v) is 19.8. The van der Waals surface area contributed by atoms with Crippen molar-refractivity contribution in [1.82, 2.24) is 14.9 Å². The molecule has 3 amide bonds. The highest BCUT2D eigenvalue weighted by Gasteiger charge is 2.50. The van der Waals surface area contributed by atoms with Crippen LogP contribution in [0.3, 0.4) is 0 Å². The van der Waals surface area contributed by atoms with Gasteiger partial charge in [-0.25, -0.2) is 17.9 Å². The van der Waals surface area contributed by atoms with Crippen LogP contribution in [0.25, 0.3) is 10.8 Å². The van der Waals surface area contributed by atoms with E-state index >= 15 is 0 Å². The number of carbonyl (C=O) groups is 3. The predicted octanol–water partition coefficient (Wildman–Crippen LogP) is 2.64. The fourth-order valence-electron chi connectivity index (χ4n) is 3.93. The molecule has 0 saturated carbocycles. The lowest BCUT2D eigenvalue weighted by atomic mass is 9.88. The molecular formula is C23H23N3O5S2. The first kappa shape index (κ1) is 23.1. The van der Waals surface area contributed by atoms with Gasteiger partial charge in [-0.05, 0) is 41.8 Å². The molecule has 33 heavy (non-hydrogen) atoms. The molecule has 1 saturated heterocycles.